The zero-order valence-electron chi connectivity index (χ0n) is 16.7. The summed E-state index contributed by atoms with van der Waals surface area (Å²) in [5, 5.41) is 10.8. The van der Waals surface area contributed by atoms with Gasteiger partial charge in [-0.3, -0.25) is 9.59 Å². The van der Waals surface area contributed by atoms with Gasteiger partial charge in [0.05, 0.1) is 6.04 Å². The van der Waals surface area contributed by atoms with E-state index in [2.05, 4.69) is 20.8 Å². The van der Waals surface area contributed by atoms with Crippen molar-refractivity contribution in [3.63, 3.8) is 0 Å². The molecule has 0 radical (unpaired) electrons. The summed E-state index contributed by atoms with van der Waals surface area (Å²) in [6.45, 7) is 9.88. The van der Waals surface area contributed by atoms with Gasteiger partial charge >= 0.3 is 5.97 Å². The molecule has 1 aliphatic rings. The fraction of sp³-hybridized carbons (Fsp3) is 0.588. The predicted molar refractivity (Wildman–Crippen MR) is 104 cm³/mol. The number of β-lactam (4-membered cyclic amide) rings is 1. The van der Waals surface area contributed by atoms with Crippen molar-refractivity contribution in [3.8, 4) is 0 Å². The zero-order valence-corrected chi connectivity index (χ0v) is 17.5. The second kappa shape index (κ2) is 7.74. The molecule has 0 aromatic carbocycles. The van der Waals surface area contributed by atoms with Gasteiger partial charge in [-0.1, -0.05) is 5.16 Å². The minimum Gasteiger partial charge on any atom is -0.457 e. The zero-order chi connectivity index (χ0) is 21.3. The summed E-state index contributed by atoms with van der Waals surface area (Å²) in [5.74, 6) is -1.61. The number of aromatic nitrogens is 1. The smallest absolute Gasteiger partial charge is 0.353 e. The van der Waals surface area contributed by atoms with Crippen molar-refractivity contribution in [2.75, 3.05) is 5.73 Å². The van der Waals surface area contributed by atoms with E-state index < -0.39 is 29.1 Å². The van der Waals surface area contributed by atoms with Crippen molar-refractivity contribution in [2.45, 2.75) is 64.8 Å². The number of ether oxygens (including phenoxy) is 1. The second-order valence-corrected chi connectivity index (χ2v) is 8.75. The molecule has 1 aromatic rings. The molecule has 0 bridgehead atoms. The maximum absolute atomic E-state index is 12.7. The molecule has 1 fully saturated rings. The Hall–Kier alpha value is -2.69. The highest BCUT2D eigenvalue weighted by Crippen LogP contribution is 2.19. The van der Waals surface area contributed by atoms with Gasteiger partial charge in [-0.2, -0.15) is 0 Å². The molecule has 2 rings (SSSR count). The number of nitrogens with two attached hydrogens (primary N) is 1. The summed E-state index contributed by atoms with van der Waals surface area (Å²) < 4.78 is 5.30. The molecule has 4 N–H and O–H groups in total. The van der Waals surface area contributed by atoms with E-state index in [0.29, 0.717) is 0 Å². The molecule has 2 amide bonds. The van der Waals surface area contributed by atoms with Crippen molar-refractivity contribution in [2.24, 2.45) is 5.16 Å². The van der Waals surface area contributed by atoms with Crippen LogP contribution in [0, 0.1) is 0 Å². The molecule has 11 heteroatoms. The van der Waals surface area contributed by atoms with Gasteiger partial charge in [0.15, 0.2) is 10.8 Å². The molecule has 1 aliphatic heterocycles. The summed E-state index contributed by atoms with van der Waals surface area (Å²) in [7, 11) is 0. The molecule has 2 atom stereocenters. The number of carbonyl (C=O) groups excluding carboxylic acids is 3. The lowest BCUT2D eigenvalue weighted by molar-refractivity contribution is -0.179. The van der Waals surface area contributed by atoms with Crippen LogP contribution in [0.1, 0.15) is 47.2 Å². The van der Waals surface area contributed by atoms with E-state index in [1.165, 1.54) is 19.2 Å². The average molecular weight is 411 g/mol. The first-order valence-corrected chi connectivity index (χ1v) is 9.50. The highest BCUT2D eigenvalue weighted by Gasteiger charge is 2.39. The molecule has 1 aromatic heterocycles. The number of hydrogen-bond donors (Lipinski definition) is 3. The molecule has 0 aliphatic carbocycles. The van der Waals surface area contributed by atoms with Crippen molar-refractivity contribution in [1.29, 1.82) is 0 Å². The van der Waals surface area contributed by atoms with E-state index in [4.69, 9.17) is 15.3 Å². The molecule has 1 saturated heterocycles. The van der Waals surface area contributed by atoms with Gasteiger partial charge in [0.1, 0.15) is 17.3 Å². The van der Waals surface area contributed by atoms with Crippen molar-refractivity contribution >= 4 is 40.0 Å². The first-order valence-electron chi connectivity index (χ1n) is 8.62. The summed E-state index contributed by atoms with van der Waals surface area (Å²) >= 11 is 1.12. The number of hydrogen-bond acceptors (Lipinski definition) is 9. The van der Waals surface area contributed by atoms with E-state index >= 15 is 0 Å². The Labute approximate surface area is 166 Å². The Kier molecular flexibility index (Phi) is 5.97. The molecule has 0 spiro atoms. The number of amides is 2. The average Bonchev–Trinajstić information content (AvgIpc) is 2.97. The summed E-state index contributed by atoms with van der Waals surface area (Å²) in [5.41, 5.74) is 3.45. The number of carbonyl (C=O) groups is 3. The number of nitrogen functional groups attached to an aromatic ring is 1. The molecule has 0 unspecified atom stereocenters. The largest absolute Gasteiger partial charge is 0.457 e. The van der Waals surface area contributed by atoms with E-state index in [0.717, 1.165) is 11.3 Å². The minimum atomic E-state index is -1.46. The third-order valence-electron chi connectivity index (χ3n) is 3.67. The normalized spacial score (nSPS) is 20.1. The van der Waals surface area contributed by atoms with E-state index in [9.17, 15) is 14.4 Å². The Bertz CT molecular complexity index is 811. The van der Waals surface area contributed by atoms with E-state index in [1.807, 2.05) is 0 Å². The Morgan fingerprint density at radius 2 is 1.96 bits per heavy atom. The van der Waals surface area contributed by atoms with Gasteiger partial charge in [0, 0.05) is 5.38 Å². The topological polar surface area (TPSA) is 145 Å². The van der Waals surface area contributed by atoms with Crippen LogP contribution in [-0.2, 0) is 24.0 Å². The van der Waals surface area contributed by atoms with Gasteiger partial charge in [0.25, 0.3) is 5.91 Å². The number of oxime groups is 1. The molecule has 28 heavy (non-hydrogen) atoms. The van der Waals surface area contributed by atoms with Crippen molar-refractivity contribution < 1.29 is 24.0 Å². The Balaban J connectivity index is 2.22. The maximum atomic E-state index is 12.7. The van der Waals surface area contributed by atoms with E-state index in [-0.39, 0.29) is 28.5 Å². The first-order chi connectivity index (χ1) is 12.8. The summed E-state index contributed by atoms with van der Waals surface area (Å²) in [6, 6.07) is -0.898. The third-order valence-corrected chi connectivity index (χ3v) is 4.35. The number of rotatable bonds is 6. The lowest BCUT2D eigenvalue weighted by Gasteiger charge is -2.34. The molecule has 154 valence electrons. The van der Waals surface area contributed by atoms with Crippen LogP contribution in [-0.4, -0.2) is 51.8 Å². The molecule has 10 nitrogen and oxygen atoms in total. The lowest BCUT2D eigenvalue weighted by atomic mass is 10.0. The first kappa shape index (κ1) is 21.6. The summed E-state index contributed by atoms with van der Waals surface area (Å²) in [4.78, 5) is 46.0. The molecule has 2 heterocycles. The Morgan fingerprint density at radius 1 is 1.32 bits per heavy atom. The van der Waals surface area contributed by atoms with Crippen molar-refractivity contribution in [3.05, 3.63) is 11.1 Å². The van der Waals surface area contributed by atoms with Crippen LogP contribution >= 0.6 is 11.3 Å². The third kappa shape index (κ3) is 5.18. The van der Waals surface area contributed by atoms with Gasteiger partial charge in [-0.25, -0.2) is 9.78 Å². The number of nitrogens with one attached hydrogen (secondary N) is 2. The maximum Gasteiger partial charge on any atom is 0.353 e. The summed E-state index contributed by atoms with van der Waals surface area (Å²) in [6.07, 6.45) is 0. The van der Waals surface area contributed by atoms with Crippen LogP contribution < -0.4 is 16.4 Å². The lowest BCUT2D eigenvalue weighted by Crippen LogP contribution is -2.68. The quantitative estimate of drug-likeness (QED) is 0.268. The van der Waals surface area contributed by atoms with Gasteiger partial charge in [-0.15, -0.1) is 11.3 Å². The van der Waals surface area contributed by atoms with Gasteiger partial charge < -0.3 is 25.9 Å². The van der Waals surface area contributed by atoms with Crippen LogP contribution in [0.3, 0.4) is 0 Å². The standard InChI is InChI=1S/C17H25N5O5S/c1-8-10(12(23)19-8)21-13(24)11(9-7-28-15(18)20-9)22-27-17(5,6)14(25)26-16(2,3)4/h7-8,10H,1-6H3,(H2,18,20)(H,19,23)(H,21,24)/b22-11+/t8-,10+/m1/s1. The van der Waals surface area contributed by atoms with Gasteiger partial charge in [-0.05, 0) is 41.5 Å². The number of thiazole rings is 1. The van der Waals surface area contributed by atoms with Crippen LogP contribution in [0.2, 0.25) is 0 Å². The van der Waals surface area contributed by atoms with E-state index in [1.54, 1.807) is 27.7 Å². The van der Waals surface area contributed by atoms with Crippen LogP contribution in [0.15, 0.2) is 10.5 Å². The highest BCUT2D eigenvalue weighted by molar-refractivity contribution is 7.13. The number of nitrogens with zero attached hydrogens (tertiary/aromatic N) is 2. The van der Waals surface area contributed by atoms with Crippen LogP contribution in [0.5, 0.6) is 0 Å². The molecular formula is C17H25N5O5S. The Morgan fingerprint density at radius 3 is 2.43 bits per heavy atom. The fourth-order valence-electron chi connectivity index (χ4n) is 2.13. The van der Waals surface area contributed by atoms with Crippen LogP contribution in [0.4, 0.5) is 5.13 Å². The monoisotopic (exact) mass is 411 g/mol. The SMILES string of the molecule is C[C@H]1NC(=O)[C@H]1NC(=O)/C(=N/OC(C)(C)C(=O)OC(C)(C)C)c1csc(N)n1. The predicted octanol–water partition coefficient (Wildman–Crippen LogP) is 0.569. The van der Waals surface area contributed by atoms with Gasteiger partial charge in [0.2, 0.25) is 11.5 Å². The molecule has 0 saturated carbocycles. The number of esters is 1. The van der Waals surface area contributed by atoms with Crippen molar-refractivity contribution in [1.82, 2.24) is 15.6 Å². The fourth-order valence-corrected chi connectivity index (χ4v) is 2.68. The highest BCUT2D eigenvalue weighted by atomic mass is 32.1. The van der Waals surface area contributed by atoms with Crippen LogP contribution in [0.25, 0.3) is 0 Å². The second-order valence-electron chi connectivity index (χ2n) is 7.86. The minimum absolute atomic E-state index is 0.173. The number of anilines is 1. The molecular weight excluding hydrogens is 386 g/mol.